The molecule has 168 valence electrons. The van der Waals surface area contributed by atoms with Crippen LogP contribution in [0.3, 0.4) is 0 Å². The maximum atomic E-state index is 13.5. The topological polar surface area (TPSA) is 95.6 Å². The van der Waals surface area contributed by atoms with E-state index in [0.717, 1.165) is 48.8 Å². The average Bonchev–Trinajstić information content (AvgIpc) is 2.67. The van der Waals surface area contributed by atoms with Gasteiger partial charge in [0.05, 0.1) is 4.90 Å². The minimum Gasteiger partial charge on any atom is -0.348 e. The summed E-state index contributed by atoms with van der Waals surface area (Å²) >= 11 is 0. The Morgan fingerprint density at radius 1 is 1.03 bits per heavy atom. The van der Waals surface area contributed by atoms with E-state index in [1.807, 2.05) is 39.8 Å². The van der Waals surface area contributed by atoms with E-state index in [0.29, 0.717) is 24.4 Å². The molecule has 7 nitrogen and oxygen atoms in total. The van der Waals surface area contributed by atoms with Crippen molar-refractivity contribution in [2.24, 2.45) is 0 Å². The predicted octanol–water partition coefficient (Wildman–Crippen LogP) is 2.58. The molecular weight excluding hydrogens is 402 g/mol. The van der Waals surface area contributed by atoms with Crippen molar-refractivity contribution in [1.29, 1.82) is 0 Å². The summed E-state index contributed by atoms with van der Waals surface area (Å²) in [5, 5.41) is 5.21. The number of rotatable bonds is 8. The predicted molar refractivity (Wildman–Crippen MR) is 118 cm³/mol. The number of nitrogens with zero attached hydrogens (tertiary/aromatic N) is 1. The molecule has 1 atom stereocenters. The van der Waals surface area contributed by atoms with Crippen LogP contribution in [-0.2, 0) is 19.6 Å². The highest BCUT2D eigenvalue weighted by Crippen LogP contribution is 2.31. The molecule has 30 heavy (non-hydrogen) atoms. The zero-order valence-electron chi connectivity index (χ0n) is 18.6. The molecule has 0 saturated carbocycles. The molecule has 1 heterocycles. The molecule has 1 aliphatic heterocycles. The molecule has 2 rings (SSSR count). The van der Waals surface area contributed by atoms with Gasteiger partial charge in [0.1, 0.15) is 0 Å². The van der Waals surface area contributed by atoms with E-state index in [9.17, 15) is 18.0 Å². The van der Waals surface area contributed by atoms with Crippen molar-refractivity contribution in [2.45, 2.75) is 77.2 Å². The third kappa shape index (κ3) is 6.04. The molecule has 0 unspecified atom stereocenters. The van der Waals surface area contributed by atoms with Crippen molar-refractivity contribution in [2.75, 3.05) is 19.6 Å². The van der Waals surface area contributed by atoms with E-state index >= 15 is 0 Å². The van der Waals surface area contributed by atoms with Crippen molar-refractivity contribution >= 4 is 21.8 Å². The Labute approximate surface area is 180 Å². The summed E-state index contributed by atoms with van der Waals surface area (Å²) in [4.78, 5) is 24.1. The van der Waals surface area contributed by atoms with Crippen LogP contribution in [-0.4, -0.2) is 50.2 Å². The Kier molecular flexibility index (Phi) is 8.85. The van der Waals surface area contributed by atoms with Crippen molar-refractivity contribution in [1.82, 2.24) is 14.9 Å². The van der Waals surface area contributed by atoms with Crippen molar-refractivity contribution in [3.8, 4) is 0 Å². The third-order valence-electron chi connectivity index (χ3n) is 5.53. The van der Waals surface area contributed by atoms with Gasteiger partial charge in [0, 0.05) is 25.7 Å². The van der Waals surface area contributed by atoms with Crippen LogP contribution in [0.15, 0.2) is 17.0 Å². The smallest absolute Gasteiger partial charge is 0.309 e. The van der Waals surface area contributed by atoms with Gasteiger partial charge in [0.15, 0.2) is 0 Å². The SMILES string of the molecule is CCCCNC(=O)C(=O)NCC[C@H]1CCCCN1S(=O)(=O)c1c(C)cc(C)cc1C. The molecule has 0 aliphatic carbocycles. The molecule has 2 N–H and O–H groups in total. The molecule has 8 heteroatoms. The fraction of sp³-hybridized carbons (Fsp3) is 0.636. The fourth-order valence-corrected chi connectivity index (χ4v) is 6.30. The average molecular weight is 438 g/mol. The maximum Gasteiger partial charge on any atom is 0.309 e. The molecular formula is C22H35N3O4S. The second-order valence-corrected chi connectivity index (χ2v) is 9.97. The molecule has 0 radical (unpaired) electrons. The standard InChI is InChI=1S/C22H35N3O4S/c1-5-6-11-23-21(26)22(27)24-12-10-19-9-7-8-13-25(19)30(28,29)20-17(3)14-16(2)15-18(20)4/h14-15,19H,5-13H2,1-4H3,(H,23,26)(H,24,27)/t19-/m1/s1. The summed E-state index contributed by atoms with van der Waals surface area (Å²) in [5.41, 5.74) is 2.56. The lowest BCUT2D eigenvalue weighted by atomic mass is 10.0. The number of hydrogen-bond acceptors (Lipinski definition) is 4. The van der Waals surface area contributed by atoms with Gasteiger partial charge < -0.3 is 10.6 Å². The van der Waals surface area contributed by atoms with Gasteiger partial charge in [-0.1, -0.05) is 37.5 Å². The summed E-state index contributed by atoms with van der Waals surface area (Å²) in [6, 6.07) is 3.61. The zero-order valence-corrected chi connectivity index (χ0v) is 19.4. The second-order valence-electron chi connectivity index (χ2n) is 8.15. The van der Waals surface area contributed by atoms with Crippen LogP contribution < -0.4 is 10.6 Å². The van der Waals surface area contributed by atoms with Gasteiger partial charge in [0.25, 0.3) is 0 Å². The van der Waals surface area contributed by atoms with Crippen LogP contribution in [0.5, 0.6) is 0 Å². The van der Waals surface area contributed by atoms with Gasteiger partial charge >= 0.3 is 11.8 Å². The summed E-state index contributed by atoms with van der Waals surface area (Å²) in [6.07, 6.45) is 4.78. The summed E-state index contributed by atoms with van der Waals surface area (Å²) in [5.74, 6) is -1.30. The number of unbranched alkanes of at least 4 members (excludes halogenated alkanes) is 1. The summed E-state index contributed by atoms with van der Waals surface area (Å²) < 4.78 is 28.5. The first kappa shape index (κ1) is 24.3. The number of benzene rings is 1. The maximum absolute atomic E-state index is 13.5. The lowest BCUT2D eigenvalue weighted by Crippen LogP contribution is -2.46. The first-order chi connectivity index (χ1) is 14.2. The number of carbonyl (C=O) groups is 2. The van der Waals surface area contributed by atoms with Crippen LogP contribution in [0.4, 0.5) is 0 Å². The number of sulfonamides is 1. The quantitative estimate of drug-likeness (QED) is 0.483. The van der Waals surface area contributed by atoms with E-state index < -0.39 is 21.8 Å². The number of nitrogens with one attached hydrogen (secondary N) is 2. The van der Waals surface area contributed by atoms with Crippen LogP contribution in [0, 0.1) is 20.8 Å². The van der Waals surface area contributed by atoms with Gasteiger partial charge in [0.2, 0.25) is 10.0 Å². The highest BCUT2D eigenvalue weighted by molar-refractivity contribution is 7.89. The highest BCUT2D eigenvalue weighted by atomic mass is 32.2. The minimum atomic E-state index is -3.63. The van der Waals surface area contributed by atoms with E-state index in [1.54, 1.807) is 4.31 Å². The zero-order chi connectivity index (χ0) is 22.3. The van der Waals surface area contributed by atoms with Crippen molar-refractivity contribution in [3.05, 3.63) is 28.8 Å². The van der Waals surface area contributed by atoms with Gasteiger partial charge in [-0.25, -0.2) is 8.42 Å². The summed E-state index contributed by atoms with van der Waals surface area (Å²) in [6.45, 7) is 8.86. The Morgan fingerprint density at radius 2 is 1.63 bits per heavy atom. The molecule has 2 amide bonds. The Bertz CT molecular complexity index is 844. The fourth-order valence-electron chi connectivity index (χ4n) is 4.16. The molecule has 1 aliphatic rings. The van der Waals surface area contributed by atoms with Crippen molar-refractivity contribution in [3.63, 3.8) is 0 Å². The normalized spacial score (nSPS) is 17.5. The van der Waals surface area contributed by atoms with Crippen molar-refractivity contribution < 1.29 is 18.0 Å². The summed E-state index contributed by atoms with van der Waals surface area (Å²) in [7, 11) is -3.63. The Morgan fingerprint density at radius 3 is 2.23 bits per heavy atom. The van der Waals surface area contributed by atoms with Crippen LogP contribution in [0.25, 0.3) is 0 Å². The first-order valence-electron chi connectivity index (χ1n) is 10.8. The molecule has 1 saturated heterocycles. The highest BCUT2D eigenvalue weighted by Gasteiger charge is 2.35. The van der Waals surface area contributed by atoms with E-state index in [2.05, 4.69) is 10.6 Å². The van der Waals surface area contributed by atoms with Crippen LogP contribution in [0.1, 0.15) is 62.1 Å². The van der Waals surface area contributed by atoms with Crippen LogP contribution in [0.2, 0.25) is 0 Å². The lowest BCUT2D eigenvalue weighted by Gasteiger charge is -2.35. The second kappa shape index (κ2) is 10.9. The molecule has 1 aromatic carbocycles. The largest absolute Gasteiger partial charge is 0.348 e. The third-order valence-corrected chi connectivity index (χ3v) is 7.79. The van der Waals surface area contributed by atoms with Gasteiger partial charge in [-0.15, -0.1) is 0 Å². The first-order valence-corrected chi connectivity index (χ1v) is 12.3. The van der Waals surface area contributed by atoms with E-state index in [4.69, 9.17) is 0 Å². The van der Waals surface area contributed by atoms with Gasteiger partial charge in [-0.2, -0.15) is 4.31 Å². The lowest BCUT2D eigenvalue weighted by molar-refractivity contribution is -0.139. The van der Waals surface area contributed by atoms with Crippen LogP contribution >= 0.6 is 0 Å². The molecule has 0 aromatic heterocycles. The number of carbonyl (C=O) groups excluding carboxylic acids is 2. The number of piperidine rings is 1. The molecule has 1 aromatic rings. The molecule has 0 bridgehead atoms. The van der Waals surface area contributed by atoms with E-state index in [-0.39, 0.29) is 12.6 Å². The number of hydrogen-bond donors (Lipinski definition) is 2. The monoisotopic (exact) mass is 437 g/mol. The molecule has 1 fully saturated rings. The van der Waals surface area contributed by atoms with Gasteiger partial charge in [-0.3, -0.25) is 9.59 Å². The minimum absolute atomic E-state index is 0.188. The Hall–Kier alpha value is -1.93. The number of amides is 2. The molecule has 0 spiro atoms. The Balaban J connectivity index is 2.05. The van der Waals surface area contributed by atoms with E-state index in [1.165, 1.54) is 0 Å². The van der Waals surface area contributed by atoms with Gasteiger partial charge in [-0.05, 0) is 57.6 Å². The number of aryl methyl sites for hydroxylation is 3.